The highest BCUT2D eigenvalue weighted by Gasteiger charge is 2.05. The lowest BCUT2D eigenvalue weighted by Gasteiger charge is -2.04. The molecule has 0 saturated carbocycles. The number of benzene rings is 2. The molecule has 0 aliphatic carbocycles. The molecule has 1 nitrogen and oxygen atoms in total. The summed E-state index contributed by atoms with van der Waals surface area (Å²) >= 11 is 13.3. The zero-order valence-corrected chi connectivity index (χ0v) is 12.1. The molecule has 0 bridgehead atoms. The summed E-state index contributed by atoms with van der Waals surface area (Å²) in [5, 5.41) is 0.745. The first-order valence-electron chi connectivity index (χ1n) is 5.70. The molecule has 0 aliphatic rings. The molecule has 1 aromatic heterocycles. The summed E-state index contributed by atoms with van der Waals surface area (Å²) in [7, 11) is 0. The predicted octanol–water partition coefficient (Wildman–Crippen LogP) is 5.78. The molecule has 0 fully saturated rings. The first-order chi connectivity index (χ1) is 9.22. The van der Waals surface area contributed by atoms with E-state index < -0.39 is 0 Å². The molecule has 0 radical (unpaired) electrons. The van der Waals surface area contributed by atoms with Crippen molar-refractivity contribution in [2.45, 2.75) is 0 Å². The quantitative estimate of drug-likeness (QED) is 0.584. The Labute approximate surface area is 125 Å². The maximum Gasteiger partial charge on any atom is 0.184 e. The minimum atomic E-state index is 0.562. The average molecular weight is 306 g/mol. The van der Waals surface area contributed by atoms with Gasteiger partial charge in [-0.1, -0.05) is 53.5 Å². The largest absolute Gasteiger partial charge is 0.233 e. The minimum Gasteiger partial charge on any atom is -0.233 e. The highest BCUT2D eigenvalue weighted by Crippen LogP contribution is 2.31. The molecule has 3 rings (SSSR count). The van der Waals surface area contributed by atoms with Gasteiger partial charge < -0.3 is 0 Å². The first kappa shape index (κ1) is 12.7. The van der Waals surface area contributed by atoms with E-state index in [2.05, 4.69) is 23.2 Å². The minimum absolute atomic E-state index is 0.562. The molecule has 0 saturated heterocycles. The number of hydrogen-bond donors (Lipinski definition) is 0. The summed E-state index contributed by atoms with van der Waals surface area (Å²) in [6.07, 6.45) is 1.80. The van der Waals surface area contributed by atoms with Gasteiger partial charge in [-0.3, -0.25) is 0 Å². The van der Waals surface area contributed by atoms with E-state index in [1.54, 1.807) is 6.20 Å². The van der Waals surface area contributed by atoms with Crippen LogP contribution in [0.1, 0.15) is 0 Å². The van der Waals surface area contributed by atoms with Gasteiger partial charge in [0, 0.05) is 11.2 Å². The fourth-order valence-electron chi connectivity index (χ4n) is 1.88. The van der Waals surface area contributed by atoms with E-state index in [0.717, 1.165) is 26.6 Å². The van der Waals surface area contributed by atoms with E-state index >= 15 is 0 Å². The summed E-state index contributed by atoms with van der Waals surface area (Å²) in [6.45, 7) is 0. The third-order valence-electron chi connectivity index (χ3n) is 2.80. The average Bonchev–Trinajstić information content (AvgIpc) is 2.86. The van der Waals surface area contributed by atoms with Crippen molar-refractivity contribution in [1.29, 1.82) is 0 Å². The van der Waals surface area contributed by atoms with Crippen LogP contribution in [0.3, 0.4) is 0 Å². The molecule has 0 N–H and O–H groups in total. The van der Waals surface area contributed by atoms with Gasteiger partial charge in [0.2, 0.25) is 0 Å². The van der Waals surface area contributed by atoms with Crippen molar-refractivity contribution in [3.63, 3.8) is 0 Å². The zero-order chi connectivity index (χ0) is 13.2. The second-order valence-corrected chi connectivity index (χ2v) is 6.11. The van der Waals surface area contributed by atoms with Crippen LogP contribution in [0.15, 0.2) is 54.7 Å². The highest BCUT2D eigenvalue weighted by atomic mass is 35.5. The van der Waals surface area contributed by atoms with Crippen molar-refractivity contribution in [3.8, 4) is 21.6 Å². The van der Waals surface area contributed by atoms with E-state index in [1.807, 2.05) is 30.3 Å². The van der Waals surface area contributed by atoms with Crippen molar-refractivity contribution >= 4 is 34.5 Å². The van der Waals surface area contributed by atoms with Crippen LogP contribution in [0.5, 0.6) is 0 Å². The molecule has 19 heavy (non-hydrogen) atoms. The number of rotatable bonds is 2. The Morgan fingerprint density at radius 1 is 0.842 bits per heavy atom. The first-order valence-corrected chi connectivity index (χ1v) is 7.27. The van der Waals surface area contributed by atoms with E-state index in [-0.39, 0.29) is 0 Å². The highest BCUT2D eigenvalue weighted by molar-refractivity contribution is 7.18. The van der Waals surface area contributed by atoms with Crippen LogP contribution < -0.4 is 0 Å². The number of aromatic nitrogens is 1. The molecule has 94 valence electrons. The summed E-state index contributed by atoms with van der Waals surface area (Å²) in [4.78, 5) is 5.14. The second kappa shape index (κ2) is 5.33. The summed E-state index contributed by atoms with van der Waals surface area (Å²) in [6, 6.07) is 16.1. The lowest BCUT2D eigenvalue weighted by atomic mass is 10.0. The third kappa shape index (κ3) is 2.81. The Hall–Kier alpha value is -1.35. The lowest BCUT2D eigenvalue weighted by molar-refractivity contribution is 1.42. The molecular formula is C15H9Cl2NS. The Kier molecular flexibility index (Phi) is 3.56. The van der Waals surface area contributed by atoms with E-state index in [1.165, 1.54) is 11.3 Å². The van der Waals surface area contributed by atoms with Gasteiger partial charge in [0.1, 0.15) is 0 Å². The Morgan fingerprint density at radius 3 is 2.26 bits per heavy atom. The molecular weight excluding hydrogens is 297 g/mol. The monoisotopic (exact) mass is 305 g/mol. The van der Waals surface area contributed by atoms with Gasteiger partial charge in [-0.05, 0) is 34.9 Å². The molecule has 0 unspecified atom stereocenters. The van der Waals surface area contributed by atoms with Gasteiger partial charge in [0.25, 0.3) is 0 Å². The van der Waals surface area contributed by atoms with Crippen LogP contribution in [0.4, 0.5) is 0 Å². The maximum absolute atomic E-state index is 5.91. The summed E-state index contributed by atoms with van der Waals surface area (Å²) in [5.41, 5.74) is 3.41. The van der Waals surface area contributed by atoms with Crippen molar-refractivity contribution in [3.05, 3.63) is 64.2 Å². The van der Waals surface area contributed by atoms with E-state index in [4.69, 9.17) is 23.2 Å². The second-order valence-electron chi connectivity index (χ2n) is 4.07. The number of thiazole rings is 1. The molecule has 4 heteroatoms. The third-order valence-corrected chi connectivity index (χ3v) is 4.22. The molecule has 0 amide bonds. The van der Waals surface area contributed by atoms with Gasteiger partial charge in [0.15, 0.2) is 4.47 Å². The molecule has 2 aromatic carbocycles. The SMILES string of the molecule is Clc1ccc(-c2cccc(-c3cnc(Cl)s3)c2)cc1. The molecule has 0 spiro atoms. The summed E-state index contributed by atoms with van der Waals surface area (Å²) in [5.74, 6) is 0. The van der Waals surface area contributed by atoms with Crippen LogP contribution in [-0.4, -0.2) is 4.98 Å². The fourth-order valence-corrected chi connectivity index (χ4v) is 2.94. The van der Waals surface area contributed by atoms with E-state index in [9.17, 15) is 0 Å². The van der Waals surface area contributed by atoms with Crippen molar-refractivity contribution in [1.82, 2.24) is 4.98 Å². The fraction of sp³-hybridized carbons (Fsp3) is 0. The standard InChI is InChI=1S/C15H9Cl2NS/c16-13-6-4-10(5-7-13)11-2-1-3-12(8-11)14-9-18-15(17)19-14/h1-9H. The van der Waals surface area contributed by atoms with E-state index in [0.29, 0.717) is 4.47 Å². The van der Waals surface area contributed by atoms with Gasteiger partial charge in [0.05, 0.1) is 4.88 Å². The number of hydrogen-bond acceptors (Lipinski definition) is 2. The molecule has 3 aromatic rings. The number of halogens is 2. The van der Waals surface area contributed by atoms with Crippen LogP contribution in [0, 0.1) is 0 Å². The molecule has 1 heterocycles. The van der Waals surface area contributed by atoms with Crippen molar-refractivity contribution in [2.24, 2.45) is 0 Å². The summed E-state index contributed by atoms with van der Waals surface area (Å²) < 4.78 is 0.562. The number of nitrogens with zero attached hydrogens (tertiary/aromatic N) is 1. The van der Waals surface area contributed by atoms with Crippen molar-refractivity contribution in [2.75, 3.05) is 0 Å². The van der Waals surface area contributed by atoms with Crippen LogP contribution in [-0.2, 0) is 0 Å². The van der Waals surface area contributed by atoms with Crippen molar-refractivity contribution < 1.29 is 0 Å². The Bertz CT molecular complexity index is 704. The van der Waals surface area contributed by atoms with Crippen LogP contribution in [0.2, 0.25) is 9.49 Å². The van der Waals surface area contributed by atoms with Gasteiger partial charge in [-0.2, -0.15) is 0 Å². The maximum atomic E-state index is 5.91. The Morgan fingerprint density at radius 2 is 1.58 bits per heavy atom. The zero-order valence-electron chi connectivity index (χ0n) is 9.81. The van der Waals surface area contributed by atoms with Gasteiger partial charge in [-0.15, -0.1) is 11.3 Å². The predicted molar refractivity (Wildman–Crippen MR) is 83.0 cm³/mol. The Balaban J connectivity index is 2.02. The molecule has 0 aliphatic heterocycles. The van der Waals surface area contributed by atoms with Crippen LogP contribution >= 0.6 is 34.5 Å². The topological polar surface area (TPSA) is 12.9 Å². The molecule has 0 atom stereocenters. The van der Waals surface area contributed by atoms with Gasteiger partial charge in [-0.25, -0.2) is 4.98 Å². The van der Waals surface area contributed by atoms with Crippen LogP contribution in [0.25, 0.3) is 21.6 Å². The van der Waals surface area contributed by atoms with Gasteiger partial charge >= 0.3 is 0 Å². The smallest absolute Gasteiger partial charge is 0.184 e. The lowest BCUT2D eigenvalue weighted by Crippen LogP contribution is -1.79. The normalized spacial score (nSPS) is 10.6.